The number of phenolic OH excluding ortho intramolecular Hbond substituents is 1. The van der Waals surface area contributed by atoms with Crippen LogP contribution in [0.25, 0.3) is 54.5 Å². The van der Waals surface area contributed by atoms with Crippen molar-refractivity contribution < 1.29 is 5.11 Å². The number of para-hydroxylation sites is 1. The number of benzene rings is 5. The molecule has 0 aliphatic rings. The van der Waals surface area contributed by atoms with Gasteiger partial charge in [0.05, 0.1) is 5.52 Å². The van der Waals surface area contributed by atoms with Crippen molar-refractivity contribution in [2.45, 2.75) is 26.2 Å². The predicted molar refractivity (Wildman–Crippen MR) is 141 cm³/mol. The molecule has 6 aromatic rings. The first kappa shape index (κ1) is 19.9. The van der Waals surface area contributed by atoms with Gasteiger partial charge in [-0.3, -0.25) is 0 Å². The zero-order chi connectivity index (χ0) is 22.9. The Balaban J connectivity index is 1.82. The minimum atomic E-state index is 0.0675. The Morgan fingerprint density at radius 2 is 1.39 bits per heavy atom. The van der Waals surface area contributed by atoms with E-state index >= 15 is 0 Å². The largest absolute Gasteiger partial charge is 0.507 e. The van der Waals surface area contributed by atoms with Crippen LogP contribution in [-0.2, 0) is 12.5 Å². The molecular formula is C31H27NO. The zero-order valence-electron chi connectivity index (χ0n) is 19.5. The molecule has 0 aliphatic carbocycles. The number of aromatic hydroxyl groups is 1. The standard InChI is InChI=1S/C31H27NO/c1-31(2,3)21-14-15-22-20(17-21)13-16-27(33)28(22)25-18-19-9-5-6-10-23(19)30-29(25)24-11-7-8-12-26(24)32(30)4/h5-18,33H,1-4H3. The number of nitrogens with zero attached hydrogens (tertiary/aromatic N) is 1. The molecule has 162 valence electrons. The number of rotatable bonds is 1. The summed E-state index contributed by atoms with van der Waals surface area (Å²) in [7, 11) is 2.14. The van der Waals surface area contributed by atoms with Crippen LogP contribution in [0.3, 0.4) is 0 Å². The van der Waals surface area contributed by atoms with Crippen LogP contribution in [-0.4, -0.2) is 9.67 Å². The molecule has 0 radical (unpaired) electrons. The first-order chi connectivity index (χ1) is 15.8. The Labute approximate surface area is 193 Å². The van der Waals surface area contributed by atoms with E-state index in [4.69, 9.17) is 0 Å². The van der Waals surface area contributed by atoms with Gasteiger partial charge < -0.3 is 9.67 Å². The van der Waals surface area contributed by atoms with Crippen molar-refractivity contribution in [3.63, 3.8) is 0 Å². The van der Waals surface area contributed by atoms with Crippen LogP contribution in [0.15, 0.2) is 84.9 Å². The van der Waals surface area contributed by atoms with Crippen molar-refractivity contribution in [2.24, 2.45) is 7.05 Å². The highest BCUT2D eigenvalue weighted by atomic mass is 16.3. The van der Waals surface area contributed by atoms with E-state index < -0.39 is 0 Å². The highest BCUT2D eigenvalue weighted by Gasteiger charge is 2.21. The Bertz CT molecular complexity index is 1710. The van der Waals surface area contributed by atoms with Crippen LogP contribution in [0.1, 0.15) is 26.3 Å². The summed E-state index contributed by atoms with van der Waals surface area (Å²) in [6.07, 6.45) is 0. The predicted octanol–water partition coefficient (Wildman–Crippen LogP) is 8.31. The molecule has 0 fully saturated rings. The summed E-state index contributed by atoms with van der Waals surface area (Å²) in [5, 5.41) is 18.2. The molecule has 0 saturated carbocycles. The first-order valence-electron chi connectivity index (χ1n) is 11.5. The van der Waals surface area contributed by atoms with E-state index in [0.717, 1.165) is 21.9 Å². The third-order valence-electron chi connectivity index (χ3n) is 7.03. The van der Waals surface area contributed by atoms with Crippen molar-refractivity contribution in [1.82, 2.24) is 4.57 Å². The van der Waals surface area contributed by atoms with Crippen molar-refractivity contribution in [1.29, 1.82) is 0 Å². The van der Waals surface area contributed by atoms with Gasteiger partial charge in [0, 0.05) is 34.3 Å². The van der Waals surface area contributed by atoms with Gasteiger partial charge in [-0.2, -0.15) is 0 Å². The second kappa shape index (κ2) is 6.86. The molecule has 2 nitrogen and oxygen atoms in total. The van der Waals surface area contributed by atoms with E-state index in [0.29, 0.717) is 5.75 Å². The number of hydrogen-bond acceptors (Lipinski definition) is 1. The summed E-state index contributed by atoms with van der Waals surface area (Å²) >= 11 is 0. The highest BCUT2D eigenvalue weighted by Crippen LogP contribution is 2.46. The van der Waals surface area contributed by atoms with Crippen LogP contribution in [0.5, 0.6) is 5.75 Å². The average molecular weight is 430 g/mol. The summed E-state index contributed by atoms with van der Waals surface area (Å²) in [5.41, 5.74) is 5.73. The lowest BCUT2D eigenvalue weighted by molar-refractivity contribution is 0.478. The Morgan fingerprint density at radius 1 is 0.697 bits per heavy atom. The fourth-order valence-corrected chi connectivity index (χ4v) is 5.31. The molecule has 1 heterocycles. The molecule has 1 aromatic heterocycles. The second-order valence-corrected chi connectivity index (χ2v) is 10.1. The van der Waals surface area contributed by atoms with Gasteiger partial charge in [-0.25, -0.2) is 0 Å². The minimum absolute atomic E-state index is 0.0675. The van der Waals surface area contributed by atoms with Crippen molar-refractivity contribution >= 4 is 43.4 Å². The van der Waals surface area contributed by atoms with Gasteiger partial charge >= 0.3 is 0 Å². The third kappa shape index (κ3) is 2.87. The van der Waals surface area contributed by atoms with E-state index in [1.807, 2.05) is 12.1 Å². The van der Waals surface area contributed by atoms with Gasteiger partial charge in [0.15, 0.2) is 0 Å². The lowest BCUT2D eigenvalue weighted by Gasteiger charge is -2.20. The van der Waals surface area contributed by atoms with E-state index in [9.17, 15) is 5.11 Å². The molecule has 0 spiro atoms. The number of aryl methyl sites for hydroxylation is 1. The molecule has 0 atom stereocenters. The summed E-state index contributed by atoms with van der Waals surface area (Å²) in [6, 6.07) is 29.9. The zero-order valence-corrected chi connectivity index (χ0v) is 19.5. The van der Waals surface area contributed by atoms with E-state index in [2.05, 4.69) is 105 Å². The number of phenols is 1. The first-order valence-corrected chi connectivity index (χ1v) is 11.5. The fourth-order valence-electron chi connectivity index (χ4n) is 5.31. The summed E-state index contributed by atoms with van der Waals surface area (Å²) in [4.78, 5) is 0. The maximum Gasteiger partial charge on any atom is 0.124 e. The number of aromatic nitrogens is 1. The SMILES string of the molecule is Cn1c2ccccc2c2c(-c3c(O)ccc4cc(C(C)(C)C)ccc34)cc3ccccc3c21. The number of hydrogen-bond donors (Lipinski definition) is 1. The molecule has 0 saturated heterocycles. The Hall–Kier alpha value is -3.78. The maximum absolute atomic E-state index is 11.2. The van der Waals surface area contributed by atoms with Gasteiger partial charge in [-0.05, 0) is 50.9 Å². The van der Waals surface area contributed by atoms with Crippen molar-refractivity contribution in [3.05, 3.63) is 90.5 Å². The van der Waals surface area contributed by atoms with Crippen molar-refractivity contribution in [2.75, 3.05) is 0 Å². The summed E-state index contributed by atoms with van der Waals surface area (Å²) in [5.74, 6) is 0.315. The molecular weight excluding hydrogens is 402 g/mol. The molecule has 0 bridgehead atoms. The van der Waals surface area contributed by atoms with Crippen LogP contribution < -0.4 is 0 Å². The van der Waals surface area contributed by atoms with E-state index in [-0.39, 0.29) is 5.41 Å². The smallest absolute Gasteiger partial charge is 0.124 e. The molecule has 6 rings (SSSR count). The van der Waals surface area contributed by atoms with Crippen molar-refractivity contribution in [3.8, 4) is 16.9 Å². The number of fused-ring (bicyclic) bond motifs is 6. The van der Waals surface area contributed by atoms with Gasteiger partial charge in [-0.1, -0.05) is 87.5 Å². The van der Waals surface area contributed by atoms with E-state index in [1.54, 1.807) is 0 Å². The monoisotopic (exact) mass is 429 g/mol. The fraction of sp³-hybridized carbons (Fsp3) is 0.161. The van der Waals surface area contributed by atoms with Gasteiger partial charge in [0.1, 0.15) is 5.75 Å². The molecule has 0 unspecified atom stereocenters. The molecule has 2 heteroatoms. The average Bonchev–Trinajstić information content (AvgIpc) is 3.11. The Morgan fingerprint density at radius 3 is 2.18 bits per heavy atom. The quantitative estimate of drug-likeness (QED) is 0.279. The lowest BCUT2D eigenvalue weighted by Crippen LogP contribution is -2.10. The van der Waals surface area contributed by atoms with Gasteiger partial charge in [-0.15, -0.1) is 0 Å². The van der Waals surface area contributed by atoms with Crippen LogP contribution >= 0.6 is 0 Å². The third-order valence-corrected chi connectivity index (χ3v) is 7.03. The topological polar surface area (TPSA) is 25.2 Å². The minimum Gasteiger partial charge on any atom is -0.507 e. The normalized spacial score (nSPS) is 12.4. The molecule has 33 heavy (non-hydrogen) atoms. The molecule has 1 N–H and O–H groups in total. The highest BCUT2D eigenvalue weighted by molar-refractivity contribution is 6.25. The Kier molecular flexibility index (Phi) is 4.13. The molecule has 0 aliphatic heterocycles. The molecule has 0 amide bonds. The van der Waals surface area contributed by atoms with Crippen LogP contribution in [0, 0.1) is 0 Å². The van der Waals surface area contributed by atoms with Crippen LogP contribution in [0.2, 0.25) is 0 Å². The van der Waals surface area contributed by atoms with Gasteiger partial charge in [0.25, 0.3) is 0 Å². The summed E-state index contributed by atoms with van der Waals surface area (Å²) < 4.78 is 2.29. The van der Waals surface area contributed by atoms with Crippen LogP contribution in [0.4, 0.5) is 0 Å². The summed E-state index contributed by atoms with van der Waals surface area (Å²) in [6.45, 7) is 6.70. The van der Waals surface area contributed by atoms with E-state index in [1.165, 1.54) is 38.1 Å². The van der Waals surface area contributed by atoms with Gasteiger partial charge in [0.2, 0.25) is 0 Å². The second-order valence-electron chi connectivity index (χ2n) is 10.1. The lowest BCUT2D eigenvalue weighted by atomic mass is 9.84. The maximum atomic E-state index is 11.2. The molecule has 5 aromatic carbocycles.